The van der Waals surface area contributed by atoms with E-state index >= 15 is 0 Å². The molecule has 2 fully saturated rings. The van der Waals surface area contributed by atoms with Gasteiger partial charge in [-0.05, 0) is 38.6 Å². The Morgan fingerprint density at radius 1 is 1.27 bits per heavy atom. The second-order valence-corrected chi connectivity index (χ2v) is 5.13. The van der Waals surface area contributed by atoms with Crippen LogP contribution < -0.4 is 5.32 Å². The molecule has 0 aromatic rings. The number of rotatable bonds is 4. The topological polar surface area (TPSA) is 21.3 Å². The Kier molecular flexibility index (Phi) is 4.04. The van der Waals surface area contributed by atoms with Crippen LogP contribution in [0.1, 0.15) is 45.4 Å². The molecule has 2 rings (SSSR count). The molecule has 2 nitrogen and oxygen atoms in total. The maximum Gasteiger partial charge on any atom is 0.0616 e. The molecule has 3 unspecified atom stereocenters. The highest BCUT2D eigenvalue weighted by atomic mass is 16.5. The van der Waals surface area contributed by atoms with Gasteiger partial charge >= 0.3 is 0 Å². The monoisotopic (exact) mass is 211 g/mol. The van der Waals surface area contributed by atoms with Crippen LogP contribution >= 0.6 is 0 Å². The first-order valence-electron chi connectivity index (χ1n) is 6.65. The summed E-state index contributed by atoms with van der Waals surface area (Å²) in [6.45, 7) is 3.23. The average molecular weight is 211 g/mol. The highest BCUT2D eigenvalue weighted by Crippen LogP contribution is 2.36. The molecule has 88 valence electrons. The van der Waals surface area contributed by atoms with Gasteiger partial charge in [0.05, 0.1) is 6.10 Å². The highest BCUT2D eigenvalue weighted by Gasteiger charge is 2.37. The van der Waals surface area contributed by atoms with Crippen molar-refractivity contribution >= 4 is 0 Å². The zero-order chi connectivity index (χ0) is 10.7. The minimum Gasteiger partial charge on any atom is -0.378 e. The van der Waals surface area contributed by atoms with E-state index in [0.29, 0.717) is 12.1 Å². The fraction of sp³-hybridized carbons (Fsp3) is 1.00. The van der Waals surface area contributed by atoms with Crippen molar-refractivity contribution < 1.29 is 4.74 Å². The number of ether oxygens (including phenoxy) is 1. The lowest BCUT2D eigenvalue weighted by Gasteiger charge is -2.31. The Bertz CT molecular complexity index is 189. The van der Waals surface area contributed by atoms with Crippen LogP contribution in [-0.2, 0) is 4.74 Å². The summed E-state index contributed by atoms with van der Waals surface area (Å²) in [5, 5.41) is 3.57. The molecular formula is C13H25NO. The molecule has 0 aromatic carbocycles. The predicted molar refractivity (Wildman–Crippen MR) is 62.9 cm³/mol. The van der Waals surface area contributed by atoms with Gasteiger partial charge in [0.15, 0.2) is 0 Å². The first-order chi connectivity index (χ1) is 7.36. The van der Waals surface area contributed by atoms with Crippen molar-refractivity contribution in [3.8, 4) is 0 Å². The maximum atomic E-state index is 5.82. The van der Waals surface area contributed by atoms with Crippen LogP contribution in [0.5, 0.6) is 0 Å². The van der Waals surface area contributed by atoms with Crippen LogP contribution in [0.2, 0.25) is 0 Å². The normalized spacial score (nSPS) is 34.8. The summed E-state index contributed by atoms with van der Waals surface area (Å²) in [5.41, 5.74) is 0. The summed E-state index contributed by atoms with van der Waals surface area (Å²) in [6.07, 6.45) is 8.69. The van der Waals surface area contributed by atoms with E-state index in [4.69, 9.17) is 4.74 Å². The molecule has 0 bridgehead atoms. The molecule has 0 aromatic heterocycles. The fourth-order valence-corrected chi connectivity index (χ4v) is 3.61. The van der Waals surface area contributed by atoms with Gasteiger partial charge < -0.3 is 10.1 Å². The first-order valence-corrected chi connectivity index (χ1v) is 6.65. The molecule has 2 heteroatoms. The minimum absolute atomic E-state index is 0.517. The lowest BCUT2D eigenvalue weighted by molar-refractivity contribution is 0.0707. The minimum atomic E-state index is 0.517. The van der Waals surface area contributed by atoms with E-state index in [1.54, 1.807) is 0 Å². The van der Waals surface area contributed by atoms with Crippen molar-refractivity contribution in [1.82, 2.24) is 5.32 Å². The van der Waals surface area contributed by atoms with Crippen LogP contribution in [0.15, 0.2) is 0 Å². The summed E-state index contributed by atoms with van der Waals surface area (Å²) < 4.78 is 5.82. The van der Waals surface area contributed by atoms with Gasteiger partial charge in [-0.15, -0.1) is 0 Å². The van der Waals surface area contributed by atoms with E-state index in [2.05, 4.69) is 19.3 Å². The Hall–Kier alpha value is -0.0800. The molecular weight excluding hydrogens is 186 g/mol. The Morgan fingerprint density at radius 2 is 2.00 bits per heavy atom. The molecule has 1 N–H and O–H groups in total. The van der Waals surface area contributed by atoms with Gasteiger partial charge in [-0.2, -0.15) is 0 Å². The zero-order valence-corrected chi connectivity index (χ0v) is 10.2. The first kappa shape index (κ1) is 11.4. The summed E-state index contributed by atoms with van der Waals surface area (Å²) >= 11 is 0. The highest BCUT2D eigenvalue weighted by molar-refractivity contribution is 4.91. The molecule has 15 heavy (non-hydrogen) atoms. The molecule has 0 radical (unpaired) electrons. The van der Waals surface area contributed by atoms with Gasteiger partial charge in [0.2, 0.25) is 0 Å². The Balaban J connectivity index is 1.98. The summed E-state index contributed by atoms with van der Waals surface area (Å²) in [6, 6.07) is 0.708. The van der Waals surface area contributed by atoms with Gasteiger partial charge in [-0.3, -0.25) is 0 Å². The van der Waals surface area contributed by atoms with E-state index in [0.717, 1.165) is 18.4 Å². The van der Waals surface area contributed by atoms with Crippen LogP contribution in [-0.4, -0.2) is 25.8 Å². The molecule has 1 aliphatic carbocycles. The fourth-order valence-electron chi connectivity index (χ4n) is 3.61. The molecule has 1 saturated carbocycles. The van der Waals surface area contributed by atoms with E-state index in [1.807, 2.05) is 0 Å². The smallest absolute Gasteiger partial charge is 0.0616 e. The number of hydrogen-bond donors (Lipinski definition) is 1. The summed E-state index contributed by atoms with van der Waals surface area (Å²) in [4.78, 5) is 0. The molecule has 1 heterocycles. The molecule has 0 spiro atoms. The third kappa shape index (κ3) is 2.36. The third-order valence-corrected chi connectivity index (χ3v) is 4.37. The van der Waals surface area contributed by atoms with Crippen molar-refractivity contribution in [3.63, 3.8) is 0 Å². The molecule has 1 aliphatic heterocycles. The number of hydrogen-bond acceptors (Lipinski definition) is 2. The van der Waals surface area contributed by atoms with E-state index in [1.165, 1.54) is 38.5 Å². The quantitative estimate of drug-likeness (QED) is 0.771. The zero-order valence-electron chi connectivity index (χ0n) is 10.2. The Labute approximate surface area is 93.8 Å². The summed E-state index contributed by atoms with van der Waals surface area (Å²) in [5.74, 6) is 1.68. The molecule has 3 atom stereocenters. The van der Waals surface area contributed by atoms with Crippen LogP contribution in [0.25, 0.3) is 0 Å². The van der Waals surface area contributed by atoms with Crippen molar-refractivity contribution in [3.05, 3.63) is 0 Å². The standard InChI is InChI=1S/C13H25NO/c1-3-12-11(8-9-15-12)13(14-2)10-6-4-5-7-10/h10-14H,3-9H2,1-2H3. The third-order valence-electron chi connectivity index (χ3n) is 4.37. The number of nitrogens with one attached hydrogen (secondary N) is 1. The van der Waals surface area contributed by atoms with E-state index < -0.39 is 0 Å². The van der Waals surface area contributed by atoms with Gasteiger partial charge in [0.1, 0.15) is 0 Å². The van der Waals surface area contributed by atoms with Gasteiger partial charge in [0, 0.05) is 18.6 Å². The predicted octanol–water partition coefficient (Wildman–Crippen LogP) is 2.58. The van der Waals surface area contributed by atoms with Gasteiger partial charge in [0.25, 0.3) is 0 Å². The van der Waals surface area contributed by atoms with Crippen LogP contribution in [0.3, 0.4) is 0 Å². The van der Waals surface area contributed by atoms with Crippen molar-refractivity contribution in [2.24, 2.45) is 11.8 Å². The van der Waals surface area contributed by atoms with Crippen molar-refractivity contribution in [2.75, 3.05) is 13.7 Å². The van der Waals surface area contributed by atoms with Crippen molar-refractivity contribution in [1.29, 1.82) is 0 Å². The summed E-state index contributed by atoms with van der Waals surface area (Å²) in [7, 11) is 2.13. The van der Waals surface area contributed by atoms with Crippen LogP contribution in [0, 0.1) is 11.8 Å². The van der Waals surface area contributed by atoms with E-state index in [-0.39, 0.29) is 0 Å². The average Bonchev–Trinajstić information content (AvgIpc) is 2.89. The van der Waals surface area contributed by atoms with E-state index in [9.17, 15) is 0 Å². The molecule has 2 aliphatic rings. The largest absolute Gasteiger partial charge is 0.378 e. The lowest BCUT2D eigenvalue weighted by atomic mass is 9.82. The van der Waals surface area contributed by atoms with Crippen molar-refractivity contribution in [2.45, 2.75) is 57.6 Å². The molecule has 1 saturated heterocycles. The van der Waals surface area contributed by atoms with Gasteiger partial charge in [-0.25, -0.2) is 0 Å². The lowest BCUT2D eigenvalue weighted by Crippen LogP contribution is -2.42. The molecule has 0 amide bonds. The second-order valence-electron chi connectivity index (χ2n) is 5.13. The van der Waals surface area contributed by atoms with Crippen LogP contribution in [0.4, 0.5) is 0 Å². The maximum absolute atomic E-state index is 5.82. The SMILES string of the molecule is CCC1OCCC1C(NC)C1CCCC1. The van der Waals surface area contributed by atoms with Gasteiger partial charge in [-0.1, -0.05) is 19.8 Å². The second kappa shape index (κ2) is 5.31. The Morgan fingerprint density at radius 3 is 2.60 bits per heavy atom.